The summed E-state index contributed by atoms with van der Waals surface area (Å²) < 4.78 is 5.39. The van der Waals surface area contributed by atoms with Gasteiger partial charge in [-0.05, 0) is 6.42 Å². The van der Waals surface area contributed by atoms with Gasteiger partial charge in [0.05, 0.1) is 13.2 Å². The molecule has 5 nitrogen and oxygen atoms in total. The topological polar surface area (TPSA) is 45.0 Å². The van der Waals surface area contributed by atoms with Crippen LogP contribution in [0.25, 0.3) is 0 Å². The van der Waals surface area contributed by atoms with Crippen LogP contribution in [-0.4, -0.2) is 92.9 Å². The van der Waals surface area contributed by atoms with E-state index in [2.05, 4.69) is 21.6 Å². The smallest absolute Gasteiger partial charge is 0.0594 e. The van der Waals surface area contributed by atoms with Crippen molar-refractivity contribution < 1.29 is 4.74 Å². The maximum Gasteiger partial charge on any atom is 0.0594 e. The lowest BCUT2D eigenvalue weighted by Gasteiger charge is -2.39. The van der Waals surface area contributed by atoms with E-state index >= 15 is 0 Å². The second kappa shape index (κ2) is 8.95. The molecule has 0 aromatic carbocycles. The normalized spacial score (nSPS) is 24.9. The van der Waals surface area contributed by atoms with Crippen molar-refractivity contribution in [3.8, 4) is 0 Å². The van der Waals surface area contributed by atoms with Crippen molar-refractivity contribution in [3.05, 3.63) is 0 Å². The highest BCUT2D eigenvalue weighted by molar-refractivity contribution is 4.79. The molecule has 2 aliphatic heterocycles. The summed E-state index contributed by atoms with van der Waals surface area (Å²) in [5, 5.41) is 0. The molecule has 0 aromatic heterocycles. The van der Waals surface area contributed by atoms with Crippen LogP contribution < -0.4 is 5.73 Å². The minimum Gasteiger partial charge on any atom is -0.379 e. The number of nitrogens with zero attached hydrogens (tertiary/aromatic N) is 3. The van der Waals surface area contributed by atoms with Crippen molar-refractivity contribution in [2.24, 2.45) is 5.73 Å². The van der Waals surface area contributed by atoms with Crippen molar-refractivity contribution in [1.82, 2.24) is 14.7 Å². The average Bonchev–Trinajstić information content (AvgIpc) is 2.52. The fraction of sp³-hybridized carbons (Fsp3) is 1.00. The maximum absolute atomic E-state index is 5.91. The molecule has 0 aromatic rings. The van der Waals surface area contributed by atoms with Gasteiger partial charge in [-0.3, -0.25) is 14.7 Å². The molecule has 0 aliphatic carbocycles. The van der Waals surface area contributed by atoms with Gasteiger partial charge in [-0.25, -0.2) is 0 Å². The molecule has 20 heavy (non-hydrogen) atoms. The zero-order chi connectivity index (χ0) is 14.2. The maximum atomic E-state index is 5.91. The van der Waals surface area contributed by atoms with E-state index in [1.165, 1.54) is 52.1 Å². The van der Waals surface area contributed by atoms with E-state index in [0.717, 1.165) is 32.8 Å². The number of hydrogen-bond donors (Lipinski definition) is 1. The van der Waals surface area contributed by atoms with E-state index in [1.54, 1.807) is 0 Å². The minimum absolute atomic E-state index is 0.599. The number of ether oxygens (including phenoxy) is 1. The quantitative estimate of drug-likeness (QED) is 0.716. The van der Waals surface area contributed by atoms with Gasteiger partial charge in [-0.15, -0.1) is 0 Å². The monoisotopic (exact) mass is 284 g/mol. The zero-order valence-electron chi connectivity index (χ0n) is 13.1. The first-order valence-corrected chi connectivity index (χ1v) is 8.30. The Bertz CT molecular complexity index is 250. The van der Waals surface area contributed by atoms with Crippen LogP contribution >= 0.6 is 0 Å². The lowest BCUT2D eigenvalue weighted by molar-refractivity contribution is 0.0278. The van der Waals surface area contributed by atoms with Crippen LogP contribution in [0.5, 0.6) is 0 Å². The van der Waals surface area contributed by atoms with Crippen molar-refractivity contribution in [1.29, 1.82) is 0 Å². The summed E-state index contributed by atoms with van der Waals surface area (Å²) in [6, 6.07) is 0.599. The van der Waals surface area contributed by atoms with Crippen LogP contribution in [0.3, 0.4) is 0 Å². The van der Waals surface area contributed by atoms with Gasteiger partial charge >= 0.3 is 0 Å². The molecule has 2 rings (SSSR count). The fourth-order valence-electron chi connectivity index (χ4n) is 3.24. The summed E-state index contributed by atoms with van der Waals surface area (Å²) in [5.74, 6) is 0. The molecule has 0 amide bonds. The molecule has 0 spiro atoms. The van der Waals surface area contributed by atoms with Gasteiger partial charge in [0.15, 0.2) is 0 Å². The molecular formula is C15H32N4O. The molecule has 0 radical (unpaired) electrons. The first-order valence-electron chi connectivity index (χ1n) is 8.30. The molecule has 2 aliphatic rings. The second-order valence-electron chi connectivity index (χ2n) is 6.01. The number of hydrogen-bond acceptors (Lipinski definition) is 5. The minimum atomic E-state index is 0.599. The van der Waals surface area contributed by atoms with Gasteiger partial charge < -0.3 is 10.5 Å². The summed E-state index contributed by atoms with van der Waals surface area (Å²) >= 11 is 0. The van der Waals surface area contributed by atoms with Gasteiger partial charge in [0.2, 0.25) is 0 Å². The molecule has 5 heteroatoms. The van der Waals surface area contributed by atoms with Crippen molar-refractivity contribution in [2.45, 2.75) is 25.8 Å². The van der Waals surface area contributed by atoms with E-state index in [-0.39, 0.29) is 0 Å². The Kier molecular flexibility index (Phi) is 7.24. The summed E-state index contributed by atoms with van der Waals surface area (Å²) in [7, 11) is 0. The molecular weight excluding hydrogens is 252 g/mol. The van der Waals surface area contributed by atoms with Crippen molar-refractivity contribution in [2.75, 3.05) is 72.1 Å². The molecule has 0 saturated carbocycles. The Balaban J connectivity index is 1.63. The van der Waals surface area contributed by atoms with E-state index in [9.17, 15) is 0 Å². The van der Waals surface area contributed by atoms with Gasteiger partial charge in [-0.1, -0.05) is 13.3 Å². The Labute approximate surface area is 124 Å². The van der Waals surface area contributed by atoms with Crippen molar-refractivity contribution >= 4 is 0 Å². The molecule has 1 unspecified atom stereocenters. The standard InChI is InChI=1S/C15H32N4O/c1-2-3-15(14-16)19-8-6-17(7-9-19)4-5-18-10-12-20-13-11-18/h15H,2-14,16H2,1H3. The predicted molar refractivity (Wildman–Crippen MR) is 83.0 cm³/mol. The van der Waals surface area contributed by atoms with Crippen LogP contribution in [-0.2, 0) is 4.74 Å². The Morgan fingerprint density at radius 1 is 0.950 bits per heavy atom. The third kappa shape index (κ3) is 4.97. The molecule has 2 N–H and O–H groups in total. The summed E-state index contributed by atoms with van der Waals surface area (Å²) in [6.45, 7) is 14.2. The SMILES string of the molecule is CCCC(CN)N1CCN(CCN2CCOCC2)CC1. The Morgan fingerprint density at radius 3 is 2.10 bits per heavy atom. The second-order valence-corrected chi connectivity index (χ2v) is 6.01. The lowest BCUT2D eigenvalue weighted by atomic mass is 10.1. The van der Waals surface area contributed by atoms with Gasteiger partial charge in [-0.2, -0.15) is 0 Å². The van der Waals surface area contributed by atoms with Crippen LogP contribution in [0.4, 0.5) is 0 Å². The highest BCUT2D eigenvalue weighted by Gasteiger charge is 2.22. The summed E-state index contributed by atoms with van der Waals surface area (Å²) in [5.41, 5.74) is 5.91. The largest absolute Gasteiger partial charge is 0.379 e. The third-order valence-corrected chi connectivity index (χ3v) is 4.65. The highest BCUT2D eigenvalue weighted by atomic mass is 16.5. The lowest BCUT2D eigenvalue weighted by Crippen LogP contribution is -2.53. The summed E-state index contributed by atoms with van der Waals surface area (Å²) in [4.78, 5) is 7.72. The zero-order valence-corrected chi connectivity index (χ0v) is 13.1. The first-order chi connectivity index (χ1) is 9.83. The van der Waals surface area contributed by atoms with Gasteiger partial charge in [0.1, 0.15) is 0 Å². The van der Waals surface area contributed by atoms with E-state index in [1.807, 2.05) is 0 Å². The number of morpholine rings is 1. The van der Waals surface area contributed by atoms with E-state index in [4.69, 9.17) is 10.5 Å². The van der Waals surface area contributed by atoms with Crippen molar-refractivity contribution in [3.63, 3.8) is 0 Å². The number of rotatable bonds is 7. The van der Waals surface area contributed by atoms with Crippen LogP contribution in [0.1, 0.15) is 19.8 Å². The Hall–Kier alpha value is -0.200. The Morgan fingerprint density at radius 2 is 1.55 bits per heavy atom. The van der Waals surface area contributed by atoms with Crippen LogP contribution in [0.15, 0.2) is 0 Å². The van der Waals surface area contributed by atoms with Crippen LogP contribution in [0.2, 0.25) is 0 Å². The number of nitrogens with two attached hydrogens (primary N) is 1. The van der Waals surface area contributed by atoms with Gasteiger partial charge in [0.25, 0.3) is 0 Å². The first kappa shape index (κ1) is 16.2. The van der Waals surface area contributed by atoms with E-state index in [0.29, 0.717) is 6.04 Å². The predicted octanol–water partition coefficient (Wildman–Crippen LogP) is 0.0636. The molecule has 0 bridgehead atoms. The third-order valence-electron chi connectivity index (χ3n) is 4.65. The molecule has 2 heterocycles. The number of piperazine rings is 1. The molecule has 118 valence electrons. The summed E-state index contributed by atoms with van der Waals surface area (Å²) in [6.07, 6.45) is 2.48. The fourth-order valence-corrected chi connectivity index (χ4v) is 3.24. The molecule has 2 fully saturated rings. The highest BCUT2D eigenvalue weighted by Crippen LogP contribution is 2.10. The average molecular weight is 284 g/mol. The molecule has 2 saturated heterocycles. The van der Waals surface area contributed by atoms with Crippen LogP contribution in [0, 0.1) is 0 Å². The van der Waals surface area contributed by atoms with Gasteiger partial charge in [0, 0.05) is 64.9 Å². The molecule has 1 atom stereocenters. The van der Waals surface area contributed by atoms with E-state index < -0.39 is 0 Å².